The van der Waals surface area contributed by atoms with Crippen molar-refractivity contribution in [3.05, 3.63) is 46.5 Å². The lowest BCUT2D eigenvalue weighted by molar-refractivity contribution is 0.102. The number of halogens is 1. The van der Waals surface area contributed by atoms with Crippen LogP contribution in [-0.2, 0) is 10.0 Å². The number of aryl methyl sites for hydroxylation is 1. The van der Waals surface area contributed by atoms with Gasteiger partial charge < -0.3 is 14.8 Å². The van der Waals surface area contributed by atoms with Crippen molar-refractivity contribution in [1.29, 1.82) is 0 Å². The summed E-state index contributed by atoms with van der Waals surface area (Å²) in [6.45, 7) is 1.74. The molecule has 0 saturated carbocycles. The summed E-state index contributed by atoms with van der Waals surface area (Å²) in [7, 11) is 1.01. The average Bonchev–Trinajstić information content (AvgIpc) is 2.61. The standard InChI is InChI=1S/C18H21ClN2O5S/c1-11-8-12(6-7-15(11)21(2)27(5,23)24)18(22)20-14-10-16(25-3)13(19)9-17(14)26-4/h6-10H,1-5H3,(H,20,22). The molecule has 27 heavy (non-hydrogen) atoms. The number of ether oxygens (including phenoxy) is 2. The lowest BCUT2D eigenvalue weighted by Gasteiger charge is -2.19. The Labute approximate surface area is 163 Å². The zero-order valence-electron chi connectivity index (χ0n) is 15.7. The Kier molecular flexibility index (Phi) is 6.22. The second-order valence-corrected chi connectivity index (χ2v) is 8.29. The van der Waals surface area contributed by atoms with Crippen LogP contribution in [0, 0.1) is 6.92 Å². The molecule has 7 nitrogen and oxygen atoms in total. The molecule has 0 bridgehead atoms. The van der Waals surface area contributed by atoms with E-state index < -0.39 is 10.0 Å². The molecular formula is C18H21ClN2O5S. The summed E-state index contributed by atoms with van der Waals surface area (Å²) >= 11 is 6.07. The Bertz CT molecular complexity index is 976. The summed E-state index contributed by atoms with van der Waals surface area (Å²) in [6.07, 6.45) is 1.12. The summed E-state index contributed by atoms with van der Waals surface area (Å²) in [5, 5.41) is 3.11. The molecule has 1 amide bonds. The van der Waals surface area contributed by atoms with E-state index in [0.29, 0.717) is 39.0 Å². The number of sulfonamides is 1. The van der Waals surface area contributed by atoms with Gasteiger partial charge in [-0.2, -0.15) is 0 Å². The van der Waals surface area contributed by atoms with E-state index in [0.717, 1.165) is 10.6 Å². The van der Waals surface area contributed by atoms with Crippen LogP contribution in [0.1, 0.15) is 15.9 Å². The highest BCUT2D eigenvalue weighted by molar-refractivity contribution is 7.92. The molecule has 0 spiro atoms. The number of carbonyl (C=O) groups is 1. The van der Waals surface area contributed by atoms with Gasteiger partial charge in [-0.05, 0) is 30.7 Å². The fourth-order valence-electron chi connectivity index (χ4n) is 2.48. The van der Waals surface area contributed by atoms with E-state index in [1.165, 1.54) is 21.3 Å². The molecule has 0 heterocycles. The summed E-state index contributed by atoms with van der Waals surface area (Å²) in [6, 6.07) is 7.87. The van der Waals surface area contributed by atoms with E-state index in [-0.39, 0.29) is 5.91 Å². The Hall–Kier alpha value is -2.45. The first kappa shape index (κ1) is 20.9. The second-order valence-electron chi connectivity index (χ2n) is 5.87. The number of methoxy groups -OCH3 is 2. The van der Waals surface area contributed by atoms with E-state index in [9.17, 15) is 13.2 Å². The average molecular weight is 413 g/mol. The van der Waals surface area contributed by atoms with Crippen molar-refractivity contribution in [3.63, 3.8) is 0 Å². The smallest absolute Gasteiger partial charge is 0.255 e. The third-order valence-corrected chi connectivity index (χ3v) is 5.50. The molecule has 2 aromatic rings. The topological polar surface area (TPSA) is 84.9 Å². The maximum atomic E-state index is 12.6. The van der Waals surface area contributed by atoms with Gasteiger partial charge in [-0.3, -0.25) is 9.10 Å². The summed E-state index contributed by atoms with van der Waals surface area (Å²) < 4.78 is 35.0. The molecule has 146 valence electrons. The van der Waals surface area contributed by atoms with Gasteiger partial charge in [-0.15, -0.1) is 0 Å². The van der Waals surface area contributed by atoms with E-state index >= 15 is 0 Å². The minimum atomic E-state index is -3.39. The van der Waals surface area contributed by atoms with Crippen molar-refractivity contribution >= 4 is 38.9 Å². The molecule has 0 aliphatic rings. The molecule has 0 aliphatic heterocycles. The molecule has 0 aromatic heterocycles. The SMILES string of the molecule is COc1cc(NC(=O)c2ccc(N(C)S(C)(=O)=O)c(C)c2)c(OC)cc1Cl. The fraction of sp³-hybridized carbons (Fsp3) is 0.278. The van der Waals surface area contributed by atoms with Gasteiger partial charge in [-0.25, -0.2) is 8.42 Å². The Balaban J connectivity index is 2.33. The van der Waals surface area contributed by atoms with Gasteiger partial charge in [0.1, 0.15) is 11.5 Å². The molecule has 0 fully saturated rings. The number of amides is 1. The summed E-state index contributed by atoms with van der Waals surface area (Å²) in [5.74, 6) is 0.405. The predicted molar refractivity (Wildman–Crippen MR) is 107 cm³/mol. The first-order valence-corrected chi connectivity index (χ1v) is 10.1. The van der Waals surface area contributed by atoms with Crippen LogP contribution in [0.15, 0.2) is 30.3 Å². The van der Waals surface area contributed by atoms with Crippen molar-refractivity contribution in [1.82, 2.24) is 0 Å². The van der Waals surface area contributed by atoms with E-state index in [4.69, 9.17) is 21.1 Å². The number of rotatable bonds is 6. The Morgan fingerprint density at radius 1 is 1.11 bits per heavy atom. The first-order chi connectivity index (χ1) is 12.6. The minimum Gasteiger partial charge on any atom is -0.495 e. The van der Waals surface area contributed by atoms with Crippen molar-refractivity contribution in [2.45, 2.75) is 6.92 Å². The van der Waals surface area contributed by atoms with Crippen molar-refractivity contribution in [2.75, 3.05) is 37.1 Å². The van der Waals surface area contributed by atoms with E-state index in [2.05, 4.69) is 5.32 Å². The molecule has 2 rings (SSSR count). The molecule has 0 aliphatic carbocycles. The monoisotopic (exact) mass is 412 g/mol. The lowest BCUT2D eigenvalue weighted by Crippen LogP contribution is -2.25. The minimum absolute atomic E-state index is 0.358. The molecule has 0 radical (unpaired) electrons. The van der Waals surface area contributed by atoms with Crippen LogP contribution in [-0.4, -0.2) is 41.8 Å². The number of hydrogen-bond acceptors (Lipinski definition) is 5. The van der Waals surface area contributed by atoms with Crippen LogP contribution >= 0.6 is 11.6 Å². The fourth-order valence-corrected chi connectivity index (χ4v) is 3.27. The third-order valence-electron chi connectivity index (χ3n) is 4.02. The van der Waals surface area contributed by atoms with Gasteiger partial charge in [0.25, 0.3) is 5.91 Å². The van der Waals surface area contributed by atoms with Crippen LogP contribution in [0.2, 0.25) is 5.02 Å². The van der Waals surface area contributed by atoms with Gasteiger partial charge in [0.2, 0.25) is 10.0 Å². The van der Waals surface area contributed by atoms with Gasteiger partial charge >= 0.3 is 0 Å². The first-order valence-electron chi connectivity index (χ1n) is 7.86. The summed E-state index contributed by atoms with van der Waals surface area (Å²) in [4.78, 5) is 12.6. The van der Waals surface area contributed by atoms with Gasteiger partial charge in [0.15, 0.2) is 0 Å². The number of hydrogen-bond donors (Lipinski definition) is 1. The molecule has 0 atom stereocenters. The number of nitrogens with one attached hydrogen (secondary N) is 1. The Morgan fingerprint density at radius 2 is 1.74 bits per heavy atom. The zero-order chi connectivity index (χ0) is 20.4. The van der Waals surface area contributed by atoms with Crippen LogP contribution in [0.4, 0.5) is 11.4 Å². The van der Waals surface area contributed by atoms with Crippen LogP contribution in [0.3, 0.4) is 0 Å². The second kappa shape index (κ2) is 8.06. The highest BCUT2D eigenvalue weighted by Gasteiger charge is 2.17. The molecule has 2 aromatic carbocycles. The largest absolute Gasteiger partial charge is 0.495 e. The predicted octanol–water partition coefficient (Wildman–Crippen LogP) is 3.31. The van der Waals surface area contributed by atoms with Crippen LogP contribution in [0.25, 0.3) is 0 Å². The molecule has 0 saturated heterocycles. The van der Waals surface area contributed by atoms with Gasteiger partial charge in [-0.1, -0.05) is 11.6 Å². The van der Waals surface area contributed by atoms with E-state index in [1.807, 2.05) is 0 Å². The number of carbonyl (C=O) groups excluding carboxylic acids is 1. The van der Waals surface area contributed by atoms with Gasteiger partial charge in [0, 0.05) is 24.7 Å². The van der Waals surface area contributed by atoms with Gasteiger partial charge in [0.05, 0.1) is 36.9 Å². The lowest BCUT2D eigenvalue weighted by atomic mass is 10.1. The molecule has 0 unspecified atom stereocenters. The quantitative estimate of drug-likeness (QED) is 0.786. The van der Waals surface area contributed by atoms with Crippen molar-refractivity contribution in [3.8, 4) is 11.5 Å². The van der Waals surface area contributed by atoms with Crippen molar-refractivity contribution < 1.29 is 22.7 Å². The number of benzene rings is 2. The van der Waals surface area contributed by atoms with Crippen molar-refractivity contribution in [2.24, 2.45) is 0 Å². The Morgan fingerprint density at radius 3 is 2.26 bits per heavy atom. The summed E-state index contributed by atoms with van der Waals surface area (Å²) in [5.41, 5.74) is 1.92. The highest BCUT2D eigenvalue weighted by Crippen LogP contribution is 2.36. The van der Waals surface area contributed by atoms with Crippen LogP contribution < -0.4 is 19.1 Å². The number of anilines is 2. The highest BCUT2D eigenvalue weighted by atomic mass is 35.5. The zero-order valence-corrected chi connectivity index (χ0v) is 17.2. The van der Waals surface area contributed by atoms with E-state index in [1.54, 1.807) is 37.3 Å². The molecule has 9 heteroatoms. The molecule has 1 N–H and O–H groups in total. The third kappa shape index (κ3) is 4.64. The molecular weight excluding hydrogens is 392 g/mol. The van der Waals surface area contributed by atoms with Crippen LogP contribution in [0.5, 0.6) is 11.5 Å². The maximum absolute atomic E-state index is 12.6. The number of nitrogens with zero attached hydrogens (tertiary/aromatic N) is 1. The normalized spacial score (nSPS) is 11.0. The maximum Gasteiger partial charge on any atom is 0.255 e.